The third kappa shape index (κ3) is 2.36. The van der Waals surface area contributed by atoms with Crippen LogP contribution < -0.4 is 15.2 Å². The molecule has 110 valence electrons. The van der Waals surface area contributed by atoms with Crippen molar-refractivity contribution in [2.24, 2.45) is 5.73 Å². The van der Waals surface area contributed by atoms with E-state index < -0.39 is 0 Å². The van der Waals surface area contributed by atoms with Crippen molar-refractivity contribution in [3.05, 3.63) is 70.1 Å². The number of methoxy groups -OCH3 is 1. The normalized spacial score (nSPS) is 16.5. The van der Waals surface area contributed by atoms with Gasteiger partial charge in [-0.05, 0) is 23.8 Å². The molecule has 0 bridgehead atoms. The van der Waals surface area contributed by atoms with Gasteiger partial charge in [0.1, 0.15) is 23.1 Å². The lowest BCUT2D eigenvalue weighted by atomic mass is 9.83. The first-order valence-corrected chi connectivity index (χ1v) is 7.03. The molecule has 1 aliphatic heterocycles. The van der Waals surface area contributed by atoms with Crippen molar-refractivity contribution in [1.29, 1.82) is 5.26 Å². The van der Waals surface area contributed by atoms with Crippen LogP contribution in [0.4, 0.5) is 0 Å². The average molecular weight is 313 g/mol. The van der Waals surface area contributed by atoms with Crippen LogP contribution in [0, 0.1) is 11.3 Å². The van der Waals surface area contributed by atoms with E-state index in [1.54, 1.807) is 19.2 Å². The predicted octanol–water partition coefficient (Wildman–Crippen LogP) is 3.57. The summed E-state index contributed by atoms with van der Waals surface area (Å²) in [7, 11) is 1.58. The topological polar surface area (TPSA) is 68.3 Å². The van der Waals surface area contributed by atoms with Crippen LogP contribution in [0.15, 0.2) is 53.9 Å². The molecular formula is C17H13ClN2O2. The van der Waals surface area contributed by atoms with Crippen molar-refractivity contribution in [1.82, 2.24) is 0 Å². The number of nitrogens with two attached hydrogens (primary N) is 1. The third-order valence-corrected chi connectivity index (χ3v) is 3.84. The standard InChI is InChI=1S/C17H13ClN2O2/c1-21-12-5-6-13-15(8-12)22-17(20)14(9-19)16(13)10-3-2-4-11(18)7-10/h2-8,16H,20H2,1H3. The fourth-order valence-electron chi connectivity index (χ4n) is 2.59. The van der Waals surface area contributed by atoms with E-state index in [0.29, 0.717) is 22.1 Å². The van der Waals surface area contributed by atoms with Crippen molar-refractivity contribution in [2.45, 2.75) is 5.92 Å². The Kier molecular flexibility index (Phi) is 3.66. The zero-order valence-corrected chi connectivity index (χ0v) is 12.6. The second kappa shape index (κ2) is 5.63. The second-order valence-electron chi connectivity index (χ2n) is 4.88. The van der Waals surface area contributed by atoms with E-state index in [0.717, 1.165) is 11.1 Å². The number of nitriles is 1. The first kappa shape index (κ1) is 14.3. The fraction of sp³-hybridized carbons (Fsp3) is 0.118. The van der Waals surface area contributed by atoms with Gasteiger partial charge in [0.25, 0.3) is 0 Å². The first-order chi connectivity index (χ1) is 10.6. The highest BCUT2D eigenvalue weighted by atomic mass is 35.5. The highest BCUT2D eigenvalue weighted by Crippen LogP contribution is 2.43. The summed E-state index contributed by atoms with van der Waals surface area (Å²) in [6, 6.07) is 15.0. The summed E-state index contributed by atoms with van der Waals surface area (Å²) in [4.78, 5) is 0. The van der Waals surface area contributed by atoms with E-state index in [1.165, 1.54) is 0 Å². The molecule has 0 aromatic heterocycles. The summed E-state index contributed by atoms with van der Waals surface area (Å²) in [6.45, 7) is 0. The number of fused-ring (bicyclic) bond motifs is 1. The molecule has 0 saturated carbocycles. The lowest BCUT2D eigenvalue weighted by molar-refractivity contribution is 0.381. The largest absolute Gasteiger partial charge is 0.497 e. The van der Waals surface area contributed by atoms with Crippen LogP contribution in [0.5, 0.6) is 11.5 Å². The van der Waals surface area contributed by atoms with Gasteiger partial charge in [-0.25, -0.2) is 0 Å². The monoisotopic (exact) mass is 312 g/mol. The molecule has 0 fully saturated rings. The van der Waals surface area contributed by atoms with Crippen molar-refractivity contribution < 1.29 is 9.47 Å². The van der Waals surface area contributed by atoms with E-state index in [9.17, 15) is 5.26 Å². The number of rotatable bonds is 2. The fourth-order valence-corrected chi connectivity index (χ4v) is 2.79. The number of nitrogens with zero attached hydrogens (tertiary/aromatic N) is 1. The minimum Gasteiger partial charge on any atom is -0.497 e. The minimum atomic E-state index is -0.307. The zero-order valence-electron chi connectivity index (χ0n) is 11.8. The minimum absolute atomic E-state index is 0.105. The van der Waals surface area contributed by atoms with Crippen LogP contribution in [0.3, 0.4) is 0 Å². The number of benzene rings is 2. The Balaban J connectivity index is 2.21. The molecule has 0 aliphatic carbocycles. The maximum Gasteiger partial charge on any atom is 0.205 e. The summed E-state index contributed by atoms with van der Waals surface area (Å²) in [5.74, 6) is 1.05. The molecule has 3 rings (SSSR count). The molecular weight excluding hydrogens is 300 g/mol. The highest BCUT2D eigenvalue weighted by Gasteiger charge is 2.30. The van der Waals surface area contributed by atoms with Crippen molar-refractivity contribution in [3.8, 4) is 17.6 Å². The maximum absolute atomic E-state index is 9.46. The molecule has 0 radical (unpaired) electrons. The van der Waals surface area contributed by atoms with E-state index >= 15 is 0 Å². The quantitative estimate of drug-likeness (QED) is 0.920. The summed E-state index contributed by atoms with van der Waals surface area (Å²) in [6.07, 6.45) is 0. The molecule has 5 heteroatoms. The van der Waals surface area contributed by atoms with Gasteiger partial charge in [-0.15, -0.1) is 0 Å². The Hall–Kier alpha value is -2.64. The molecule has 2 aromatic carbocycles. The van der Waals surface area contributed by atoms with Gasteiger partial charge in [-0.2, -0.15) is 5.26 Å². The molecule has 1 heterocycles. The van der Waals surface area contributed by atoms with Crippen molar-refractivity contribution in [2.75, 3.05) is 7.11 Å². The summed E-state index contributed by atoms with van der Waals surface area (Å²) >= 11 is 6.08. The summed E-state index contributed by atoms with van der Waals surface area (Å²) < 4.78 is 10.8. The molecule has 2 aromatic rings. The highest BCUT2D eigenvalue weighted by molar-refractivity contribution is 6.30. The number of hydrogen-bond donors (Lipinski definition) is 1. The first-order valence-electron chi connectivity index (χ1n) is 6.65. The van der Waals surface area contributed by atoms with Gasteiger partial charge in [-0.1, -0.05) is 29.8 Å². The smallest absolute Gasteiger partial charge is 0.205 e. The molecule has 22 heavy (non-hydrogen) atoms. The molecule has 0 amide bonds. The molecule has 4 nitrogen and oxygen atoms in total. The van der Waals surface area contributed by atoms with Crippen molar-refractivity contribution >= 4 is 11.6 Å². The Morgan fingerprint density at radius 1 is 1.27 bits per heavy atom. The maximum atomic E-state index is 9.46. The van der Waals surface area contributed by atoms with E-state index in [4.69, 9.17) is 26.8 Å². The van der Waals surface area contributed by atoms with E-state index in [-0.39, 0.29) is 11.8 Å². The lowest BCUT2D eigenvalue weighted by Crippen LogP contribution is -2.21. The van der Waals surface area contributed by atoms with Gasteiger partial charge in [0.15, 0.2) is 0 Å². The van der Waals surface area contributed by atoms with Crippen LogP contribution in [-0.4, -0.2) is 7.11 Å². The number of ether oxygens (including phenoxy) is 2. The molecule has 1 unspecified atom stereocenters. The Labute approximate surface area is 133 Å². The predicted molar refractivity (Wildman–Crippen MR) is 83.7 cm³/mol. The Morgan fingerprint density at radius 3 is 2.77 bits per heavy atom. The van der Waals surface area contributed by atoms with Crippen LogP contribution in [0.25, 0.3) is 0 Å². The molecule has 0 spiro atoms. The Bertz CT molecular complexity index is 809. The van der Waals surface area contributed by atoms with Gasteiger partial charge >= 0.3 is 0 Å². The number of allylic oxidation sites excluding steroid dienone is 1. The van der Waals surface area contributed by atoms with Gasteiger partial charge in [0.05, 0.1) is 13.0 Å². The van der Waals surface area contributed by atoms with Gasteiger partial charge in [-0.3, -0.25) is 0 Å². The molecule has 1 atom stereocenters. The van der Waals surface area contributed by atoms with Crippen molar-refractivity contribution in [3.63, 3.8) is 0 Å². The van der Waals surface area contributed by atoms with Gasteiger partial charge in [0, 0.05) is 16.7 Å². The molecule has 1 aliphatic rings. The van der Waals surface area contributed by atoms with E-state index in [1.807, 2.05) is 30.3 Å². The third-order valence-electron chi connectivity index (χ3n) is 3.61. The SMILES string of the molecule is COc1ccc2c(c1)OC(N)=C(C#N)C2c1cccc(Cl)c1. The molecule has 2 N–H and O–H groups in total. The van der Waals surface area contributed by atoms with Crippen LogP contribution in [-0.2, 0) is 0 Å². The lowest BCUT2D eigenvalue weighted by Gasteiger charge is -2.26. The number of hydrogen-bond acceptors (Lipinski definition) is 4. The average Bonchev–Trinajstić information content (AvgIpc) is 2.52. The van der Waals surface area contributed by atoms with Crippen LogP contribution >= 0.6 is 11.6 Å². The van der Waals surface area contributed by atoms with Crippen LogP contribution in [0.2, 0.25) is 5.02 Å². The van der Waals surface area contributed by atoms with Gasteiger partial charge < -0.3 is 15.2 Å². The van der Waals surface area contributed by atoms with Crippen LogP contribution in [0.1, 0.15) is 17.0 Å². The Morgan fingerprint density at radius 2 is 2.09 bits per heavy atom. The van der Waals surface area contributed by atoms with E-state index in [2.05, 4.69) is 6.07 Å². The summed E-state index contributed by atoms with van der Waals surface area (Å²) in [5, 5.41) is 10.1. The van der Waals surface area contributed by atoms with Gasteiger partial charge in [0.2, 0.25) is 5.88 Å². The summed E-state index contributed by atoms with van der Waals surface area (Å²) in [5.41, 5.74) is 8.04. The zero-order chi connectivity index (χ0) is 15.7. The number of halogens is 1. The molecule has 0 saturated heterocycles. The second-order valence-corrected chi connectivity index (χ2v) is 5.32.